The lowest BCUT2D eigenvalue weighted by Crippen LogP contribution is -2.00. The van der Waals surface area contributed by atoms with Gasteiger partial charge in [0.2, 0.25) is 5.12 Å². The number of thioether (sulfide) groups is 1. The highest BCUT2D eigenvalue weighted by atomic mass is 32.2. The summed E-state index contributed by atoms with van der Waals surface area (Å²) >= 11 is 1.20. The van der Waals surface area contributed by atoms with Crippen molar-refractivity contribution in [3.8, 4) is 0 Å². The second-order valence-corrected chi connectivity index (χ2v) is 11.1. The maximum atomic E-state index is 13.0. The number of carbonyl (C=O) groups excluding carboxylic acids is 2. The number of halogens is 2. The zero-order valence-electron chi connectivity index (χ0n) is 16.2. The minimum atomic E-state index is -3.69. The summed E-state index contributed by atoms with van der Waals surface area (Å²) in [6, 6.07) is 11.1. The predicted molar refractivity (Wildman–Crippen MR) is 119 cm³/mol. The molecule has 0 heterocycles. The molecule has 0 spiro atoms. The third-order valence-electron chi connectivity index (χ3n) is 3.40. The van der Waals surface area contributed by atoms with Crippen LogP contribution in [0, 0.1) is 0 Å². The number of ketones is 1. The zero-order valence-corrected chi connectivity index (χ0v) is 18.7. The Morgan fingerprint density at radius 3 is 1.45 bits per heavy atom. The molecular formula is C20H22F2O4S3. The van der Waals surface area contributed by atoms with Crippen molar-refractivity contribution in [2.45, 2.75) is 35.8 Å². The van der Waals surface area contributed by atoms with Crippen LogP contribution in [0.3, 0.4) is 0 Å². The van der Waals surface area contributed by atoms with Crippen LogP contribution in [-0.4, -0.2) is 36.3 Å². The predicted octanol–water partition coefficient (Wildman–Crippen LogP) is 4.78. The van der Waals surface area contributed by atoms with E-state index in [2.05, 4.69) is 11.7 Å². The number of rotatable bonds is 5. The monoisotopic (exact) mass is 460 g/mol. The third kappa shape index (κ3) is 8.51. The Morgan fingerprint density at radius 2 is 1.17 bits per heavy atom. The van der Waals surface area contributed by atoms with Crippen molar-refractivity contribution in [2.24, 2.45) is 0 Å². The molecule has 2 aromatic rings. The van der Waals surface area contributed by atoms with Crippen molar-refractivity contribution in [3.63, 3.8) is 0 Å². The molecule has 0 radical (unpaired) electrons. The van der Waals surface area contributed by atoms with E-state index in [9.17, 15) is 25.8 Å². The fraction of sp³-hybridized carbons (Fsp3) is 0.200. The van der Waals surface area contributed by atoms with Gasteiger partial charge in [0, 0.05) is 16.4 Å². The number of carbonyl (C=O) groups is 2. The first-order valence-electron chi connectivity index (χ1n) is 8.27. The molecule has 0 amide bonds. The van der Waals surface area contributed by atoms with Gasteiger partial charge in [-0.15, -0.1) is 7.77 Å². The zero-order chi connectivity index (χ0) is 22.4. The van der Waals surface area contributed by atoms with Crippen molar-refractivity contribution in [1.82, 2.24) is 0 Å². The Balaban J connectivity index is 0.000000296. The van der Waals surface area contributed by atoms with Crippen LogP contribution in [0.1, 0.15) is 41.5 Å². The molecule has 4 nitrogen and oxygen atoms in total. The van der Waals surface area contributed by atoms with Gasteiger partial charge in [-0.05, 0) is 55.1 Å². The van der Waals surface area contributed by atoms with Gasteiger partial charge >= 0.3 is 0 Å². The molecule has 2 aromatic carbocycles. The maximum Gasteiger partial charge on any atom is 0.219 e. The molecule has 0 aliphatic rings. The summed E-state index contributed by atoms with van der Waals surface area (Å²) in [7, 11) is -7.34. The smallest absolute Gasteiger partial charge is 0.219 e. The van der Waals surface area contributed by atoms with Crippen molar-refractivity contribution >= 4 is 54.2 Å². The summed E-state index contributed by atoms with van der Waals surface area (Å²) in [6.07, 6.45) is 0. The first kappa shape index (κ1) is 25.1. The Hall–Kier alpha value is -1.97. The number of hydrogen-bond donors (Lipinski definition) is 0. The number of benzene rings is 2. The van der Waals surface area contributed by atoms with Gasteiger partial charge in [0.25, 0.3) is 0 Å². The molecule has 0 saturated carbocycles. The van der Waals surface area contributed by atoms with Gasteiger partial charge < -0.3 is 0 Å². The molecule has 29 heavy (non-hydrogen) atoms. The van der Waals surface area contributed by atoms with Gasteiger partial charge in [-0.1, -0.05) is 37.7 Å². The van der Waals surface area contributed by atoms with Gasteiger partial charge in [0.05, 0.1) is 9.79 Å². The average molecular weight is 461 g/mol. The largest absolute Gasteiger partial charge is 0.295 e. The molecule has 158 valence electrons. The molecule has 2 atom stereocenters. The van der Waals surface area contributed by atoms with Crippen molar-refractivity contribution in [2.75, 3.05) is 0 Å². The van der Waals surface area contributed by atoms with Gasteiger partial charge in [-0.25, -0.2) is 8.42 Å². The number of hydrogen-bond acceptors (Lipinski definition) is 5. The molecule has 2 rings (SSSR count). The quantitative estimate of drug-likeness (QED) is 0.365. The average Bonchev–Trinajstić information content (AvgIpc) is 2.60. The molecule has 2 unspecified atom stereocenters. The minimum absolute atomic E-state index is 0.0116. The van der Waals surface area contributed by atoms with E-state index in [1.54, 1.807) is 0 Å². The Labute approximate surface area is 175 Å². The lowest BCUT2D eigenvalue weighted by molar-refractivity contribution is 0.101. The lowest BCUT2D eigenvalue weighted by Gasteiger charge is -2.04. The highest BCUT2D eigenvalue weighted by molar-refractivity contribution is 8.14. The van der Waals surface area contributed by atoms with Crippen LogP contribution < -0.4 is 0 Å². The summed E-state index contributed by atoms with van der Waals surface area (Å²) in [6.45, 7) is 5.24. The third-order valence-corrected chi connectivity index (χ3v) is 6.27. The summed E-state index contributed by atoms with van der Waals surface area (Å²) < 4.78 is 47.6. The van der Waals surface area contributed by atoms with E-state index in [0.29, 0.717) is 11.1 Å². The number of Topliss-reactive ketones (excluding diaryl/α,β-unsaturated/α-hetero) is 1. The maximum absolute atomic E-state index is 13.0. The van der Waals surface area contributed by atoms with Gasteiger partial charge in [-0.3, -0.25) is 9.59 Å². The van der Waals surface area contributed by atoms with Crippen LogP contribution in [0.2, 0.25) is 0 Å². The van der Waals surface area contributed by atoms with E-state index in [4.69, 9.17) is 0 Å². The topological polar surface area (TPSA) is 68.3 Å². The molecule has 9 heteroatoms. The second-order valence-electron chi connectivity index (χ2n) is 6.25. The van der Waals surface area contributed by atoms with E-state index < -0.39 is 19.8 Å². The summed E-state index contributed by atoms with van der Waals surface area (Å²) in [5.74, 6) is 5.72. The lowest BCUT2D eigenvalue weighted by atomic mass is 10.2. The summed E-state index contributed by atoms with van der Waals surface area (Å²) in [5, 5.41) is 0.126. The van der Waals surface area contributed by atoms with Crippen LogP contribution in [-0.2, 0) is 19.8 Å². The van der Waals surface area contributed by atoms with Crippen molar-refractivity contribution in [3.05, 3.63) is 59.7 Å². The Bertz CT molecular complexity index is 1070. The van der Waals surface area contributed by atoms with Gasteiger partial charge in [0.15, 0.2) is 5.78 Å². The van der Waals surface area contributed by atoms with E-state index in [1.807, 2.05) is 13.8 Å². The molecule has 0 fully saturated rings. The first-order chi connectivity index (χ1) is 13.2. The van der Waals surface area contributed by atoms with E-state index in [-0.39, 0.29) is 25.9 Å². The Kier molecular flexibility index (Phi) is 8.80. The van der Waals surface area contributed by atoms with Crippen LogP contribution in [0.25, 0.3) is 0 Å². The molecule has 0 saturated heterocycles. The molecule has 0 N–H and O–H groups in total. The molecular weight excluding hydrogens is 438 g/mol. The SMILES string of the molecule is C=S(=O)(F)c1ccc(C(=O)SC(C)C)cc1.C=S(=O)(F)c1ccc(C(C)=O)cc1. The van der Waals surface area contributed by atoms with E-state index >= 15 is 0 Å². The Morgan fingerprint density at radius 1 is 0.828 bits per heavy atom. The highest BCUT2D eigenvalue weighted by Crippen LogP contribution is 2.19. The molecule has 0 aliphatic heterocycles. The minimum Gasteiger partial charge on any atom is -0.295 e. The molecule has 0 aliphatic carbocycles. The molecule has 0 bridgehead atoms. The summed E-state index contributed by atoms with van der Waals surface area (Å²) in [5.41, 5.74) is 0.943. The van der Waals surface area contributed by atoms with Crippen molar-refractivity contribution in [1.29, 1.82) is 0 Å². The fourth-order valence-electron chi connectivity index (χ4n) is 1.97. The van der Waals surface area contributed by atoms with Gasteiger partial charge in [-0.2, -0.15) is 0 Å². The standard InChI is InChI=1S/C11H13FO2S2.C9H9FO2S/c1-8(2)15-11(13)9-4-6-10(7-5-9)16(3,12)14;1-7(11)8-3-5-9(6-4-8)13(2,10)12/h4-8H,3H2,1-2H3;3-6H,2H2,1H3. The normalized spacial score (nSPS) is 14.8. The molecule has 0 aromatic heterocycles. The fourth-order valence-corrected chi connectivity index (χ4v) is 3.75. The van der Waals surface area contributed by atoms with Crippen LogP contribution in [0.5, 0.6) is 0 Å². The van der Waals surface area contributed by atoms with E-state index in [1.165, 1.54) is 67.2 Å². The van der Waals surface area contributed by atoms with Crippen LogP contribution in [0.15, 0.2) is 58.3 Å². The van der Waals surface area contributed by atoms with Crippen molar-refractivity contribution < 1.29 is 25.8 Å². The second kappa shape index (κ2) is 10.2. The summed E-state index contributed by atoms with van der Waals surface area (Å²) in [4.78, 5) is 22.4. The first-order valence-corrected chi connectivity index (χ1v) is 12.4. The highest BCUT2D eigenvalue weighted by Gasteiger charge is 2.11. The van der Waals surface area contributed by atoms with E-state index in [0.717, 1.165) is 0 Å². The van der Waals surface area contributed by atoms with Crippen LogP contribution in [0.4, 0.5) is 7.77 Å². The van der Waals surface area contributed by atoms with Crippen LogP contribution >= 0.6 is 11.8 Å². The van der Waals surface area contributed by atoms with Gasteiger partial charge in [0.1, 0.15) is 19.8 Å².